The van der Waals surface area contributed by atoms with Gasteiger partial charge in [0.1, 0.15) is 23.9 Å². The fraction of sp³-hybridized carbons (Fsp3) is 0.176. The predicted molar refractivity (Wildman–Crippen MR) is 91.4 cm³/mol. The third kappa shape index (κ3) is 3.77. The van der Waals surface area contributed by atoms with Crippen LogP contribution in [-0.2, 0) is 11.3 Å². The molecule has 0 aliphatic heterocycles. The van der Waals surface area contributed by atoms with E-state index < -0.39 is 11.7 Å². The first-order chi connectivity index (χ1) is 12.6. The largest absolute Gasteiger partial charge is 0.497 e. The van der Waals surface area contributed by atoms with Gasteiger partial charge < -0.3 is 14.8 Å². The van der Waals surface area contributed by atoms with Gasteiger partial charge in [-0.25, -0.2) is 4.39 Å². The SMILES string of the molecule is COc1ccc(OC)c(NC(=O)Cn2nnc(-c3ccccc3F)n2)c1. The van der Waals surface area contributed by atoms with Crippen LogP contribution >= 0.6 is 0 Å². The maximum absolute atomic E-state index is 13.8. The molecule has 9 heteroatoms. The second kappa shape index (κ2) is 7.60. The number of methoxy groups -OCH3 is 2. The minimum atomic E-state index is -0.461. The van der Waals surface area contributed by atoms with E-state index in [2.05, 4.69) is 20.7 Å². The van der Waals surface area contributed by atoms with Gasteiger partial charge in [0.25, 0.3) is 0 Å². The van der Waals surface area contributed by atoms with E-state index in [-0.39, 0.29) is 17.9 Å². The van der Waals surface area contributed by atoms with E-state index in [1.165, 1.54) is 26.4 Å². The lowest BCUT2D eigenvalue weighted by atomic mass is 10.2. The van der Waals surface area contributed by atoms with Crippen LogP contribution in [0, 0.1) is 5.82 Å². The lowest BCUT2D eigenvalue weighted by molar-refractivity contribution is -0.117. The van der Waals surface area contributed by atoms with Gasteiger partial charge in [0.05, 0.1) is 25.5 Å². The summed E-state index contributed by atoms with van der Waals surface area (Å²) < 4.78 is 24.1. The smallest absolute Gasteiger partial charge is 0.248 e. The standard InChI is InChI=1S/C17H16FN5O3/c1-25-11-7-8-15(26-2)14(9-11)19-16(24)10-23-21-17(20-22-23)12-5-3-4-6-13(12)18/h3-9H,10H2,1-2H3,(H,19,24). The third-order valence-corrected chi connectivity index (χ3v) is 3.53. The van der Waals surface area contributed by atoms with E-state index in [0.717, 1.165) is 4.80 Å². The molecule has 2 aromatic carbocycles. The minimum Gasteiger partial charge on any atom is -0.497 e. The molecule has 1 N–H and O–H groups in total. The van der Waals surface area contributed by atoms with E-state index in [0.29, 0.717) is 17.2 Å². The molecular weight excluding hydrogens is 341 g/mol. The molecule has 1 amide bonds. The van der Waals surface area contributed by atoms with Crippen LogP contribution in [0.2, 0.25) is 0 Å². The summed E-state index contributed by atoms with van der Waals surface area (Å²) in [4.78, 5) is 13.3. The number of tetrazole rings is 1. The molecule has 0 fully saturated rings. The molecule has 0 saturated heterocycles. The topological polar surface area (TPSA) is 91.2 Å². The summed E-state index contributed by atoms with van der Waals surface area (Å²) in [6.45, 7) is -0.193. The molecule has 0 radical (unpaired) electrons. The number of rotatable bonds is 6. The number of aromatic nitrogens is 4. The number of hydrogen-bond acceptors (Lipinski definition) is 6. The zero-order valence-electron chi connectivity index (χ0n) is 14.1. The molecule has 1 heterocycles. The molecule has 0 spiro atoms. The maximum Gasteiger partial charge on any atom is 0.248 e. The number of anilines is 1. The van der Waals surface area contributed by atoms with Crippen molar-refractivity contribution >= 4 is 11.6 Å². The number of carbonyl (C=O) groups excluding carboxylic acids is 1. The van der Waals surface area contributed by atoms with Crippen molar-refractivity contribution in [3.8, 4) is 22.9 Å². The van der Waals surface area contributed by atoms with Crippen LogP contribution in [0.3, 0.4) is 0 Å². The highest BCUT2D eigenvalue weighted by Crippen LogP contribution is 2.28. The average molecular weight is 357 g/mol. The maximum atomic E-state index is 13.8. The summed E-state index contributed by atoms with van der Waals surface area (Å²) in [7, 11) is 3.02. The fourth-order valence-electron chi connectivity index (χ4n) is 2.29. The third-order valence-electron chi connectivity index (χ3n) is 3.53. The number of benzene rings is 2. The van der Waals surface area contributed by atoms with Crippen LogP contribution in [0.25, 0.3) is 11.4 Å². The minimum absolute atomic E-state index is 0.106. The molecule has 1 aromatic heterocycles. The van der Waals surface area contributed by atoms with Crippen molar-refractivity contribution in [3.63, 3.8) is 0 Å². The highest BCUT2D eigenvalue weighted by molar-refractivity contribution is 5.92. The Balaban J connectivity index is 1.73. The van der Waals surface area contributed by atoms with Crippen molar-refractivity contribution in [2.24, 2.45) is 0 Å². The Kier molecular flexibility index (Phi) is 5.07. The lowest BCUT2D eigenvalue weighted by Gasteiger charge is -2.11. The second-order valence-electron chi connectivity index (χ2n) is 5.24. The summed E-state index contributed by atoms with van der Waals surface area (Å²) in [5, 5.41) is 14.3. The van der Waals surface area contributed by atoms with Crippen LogP contribution in [0.1, 0.15) is 0 Å². The molecule has 3 rings (SSSR count). The van der Waals surface area contributed by atoms with Crippen LogP contribution in [0.4, 0.5) is 10.1 Å². The molecule has 134 valence electrons. The summed E-state index contributed by atoms with van der Waals surface area (Å²) >= 11 is 0. The van der Waals surface area contributed by atoms with Crippen molar-refractivity contribution in [1.82, 2.24) is 20.2 Å². The van der Waals surface area contributed by atoms with Gasteiger partial charge in [-0.2, -0.15) is 4.80 Å². The number of halogens is 1. The molecule has 0 bridgehead atoms. The summed E-state index contributed by atoms with van der Waals surface area (Å²) in [5.41, 5.74) is 0.667. The summed E-state index contributed by atoms with van der Waals surface area (Å²) in [5.74, 6) is 0.307. The number of carbonyl (C=O) groups is 1. The van der Waals surface area contributed by atoms with Crippen molar-refractivity contribution in [3.05, 3.63) is 48.3 Å². The molecule has 0 unspecified atom stereocenters. The predicted octanol–water partition coefficient (Wildman–Crippen LogP) is 2.14. The van der Waals surface area contributed by atoms with Gasteiger partial charge in [-0.15, -0.1) is 10.2 Å². The van der Waals surface area contributed by atoms with E-state index >= 15 is 0 Å². The molecule has 0 atom stereocenters. The van der Waals surface area contributed by atoms with Gasteiger partial charge >= 0.3 is 0 Å². The average Bonchev–Trinajstić information content (AvgIpc) is 3.10. The fourth-order valence-corrected chi connectivity index (χ4v) is 2.29. The highest BCUT2D eigenvalue weighted by Gasteiger charge is 2.14. The number of ether oxygens (including phenoxy) is 2. The Labute approximate surface area is 148 Å². The molecule has 0 saturated carbocycles. The van der Waals surface area contributed by atoms with Gasteiger partial charge in [-0.05, 0) is 29.5 Å². The quantitative estimate of drug-likeness (QED) is 0.727. The van der Waals surface area contributed by atoms with Gasteiger partial charge in [-0.3, -0.25) is 4.79 Å². The summed E-state index contributed by atoms with van der Waals surface area (Å²) in [6, 6.07) is 11.1. The van der Waals surface area contributed by atoms with Gasteiger partial charge in [0, 0.05) is 6.07 Å². The van der Waals surface area contributed by atoms with E-state index in [1.54, 1.807) is 30.3 Å². The molecule has 26 heavy (non-hydrogen) atoms. The molecule has 0 aliphatic rings. The first kappa shape index (κ1) is 17.3. The number of hydrogen-bond donors (Lipinski definition) is 1. The van der Waals surface area contributed by atoms with Gasteiger partial charge in [0.2, 0.25) is 11.7 Å². The number of amides is 1. The van der Waals surface area contributed by atoms with Crippen LogP contribution in [0.5, 0.6) is 11.5 Å². The van der Waals surface area contributed by atoms with Gasteiger partial charge in [0.15, 0.2) is 0 Å². The Morgan fingerprint density at radius 1 is 1.19 bits per heavy atom. The number of nitrogens with one attached hydrogen (secondary N) is 1. The normalized spacial score (nSPS) is 10.4. The molecular formula is C17H16FN5O3. The highest BCUT2D eigenvalue weighted by atomic mass is 19.1. The Hall–Kier alpha value is -3.49. The van der Waals surface area contributed by atoms with Crippen LogP contribution in [0.15, 0.2) is 42.5 Å². The Morgan fingerprint density at radius 3 is 2.73 bits per heavy atom. The molecule has 8 nitrogen and oxygen atoms in total. The van der Waals surface area contributed by atoms with Crippen molar-refractivity contribution in [1.29, 1.82) is 0 Å². The number of nitrogens with zero attached hydrogens (tertiary/aromatic N) is 4. The van der Waals surface area contributed by atoms with Crippen LogP contribution in [-0.4, -0.2) is 40.3 Å². The second-order valence-corrected chi connectivity index (χ2v) is 5.24. The summed E-state index contributed by atoms with van der Waals surface area (Å²) in [6.07, 6.45) is 0. The van der Waals surface area contributed by atoms with Gasteiger partial charge in [-0.1, -0.05) is 12.1 Å². The zero-order chi connectivity index (χ0) is 18.5. The van der Waals surface area contributed by atoms with Crippen LogP contribution < -0.4 is 14.8 Å². The van der Waals surface area contributed by atoms with E-state index in [9.17, 15) is 9.18 Å². The lowest BCUT2D eigenvalue weighted by Crippen LogP contribution is -2.20. The van der Waals surface area contributed by atoms with E-state index in [4.69, 9.17) is 9.47 Å². The van der Waals surface area contributed by atoms with Crippen molar-refractivity contribution in [2.45, 2.75) is 6.54 Å². The van der Waals surface area contributed by atoms with Crippen molar-refractivity contribution < 1.29 is 18.7 Å². The molecule has 0 aliphatic carbocycles. The zero-order valence-corrected chi connectivity index (χ0v) is 14.1. The van der Waals surface area contributed by atoms with E-state index in [1.807, 2.05) is 0 Å². The monoisotopic (exact) mass is 357 g/mol. The Bertz CT molecular complexity index is 928. The first-order valence-corrected chi connectivity index (χ1v) is 7.65. The van der Waals surface area contributed by atoms with Crippen molar-refractivity contribution in [2.75, 3.05) is 19.5 Å². The first-order valence-electron chi connectivity index (χ1n) is 7.65. The Morgan fingerprint density at radius 2 is 2.00 bits per heavy atom. The molecule has 3 aromatic rings.